The Labute approximate surface area is 158 Å². The van der Waals surface area contributed by atoms with E-state index in [0.29, 0.717) is 5.57 Å². The molecule has 0 aliphatic rings. The fourth-order valence-corrected chi connectivity index (χ4v) is 3.76. The average Bonchev–Trinajstić information content (AvgIpc) is 2.65. The maximum Gasteiger partial charge on any atom is 0.328 e. The lowest BCUT2D eigenvalue weighted by atomic mass is 9.90. The fraction of sp³-hybridized carbons (Fsp3) is 0.0800. The van der Waals surface area contributed by atoms with Gasteiger partial charge in [-0.1, -0.05) is 72.8 Å². The molecule has 0 heterocycles. The van der Waals surface area contributed by atoms with Gasteiger partial charge in [0.05, 0.1) is 0 Å². The minimum Gasteiger partial charge on any atom is -0.478 e. The summed E-state index contributed by atoms with van der Waals surface area (Å²) in [7, 11) is 0. The molecule has 1 N–H and O–H groups in total. The zero-order valence-electron chi connectivity index (χ0n) is 15.4. The number of aliphatic carboxylic acids is 1. The van der Waals surface area contributed by atoms with Crippen molar-refractivity contribution in [1.82, 2.24) is 0 Å². The zero-order valence-corrected chi connectivity index (χ0v) is 15.4. The molecule has 132 valence electrons. The van der Waals surface area contributed by atoms with Crippen LogP contribution in [0.3, 0.4) is 0 Å². The molecule has 4 aromatic carbocycles. The van der Waals surface area contributed by atoms with E-state index in [1.165, 1.54) is 44.0 Å². The molecule has 0 bridgehead atoms. The molecule has 4 aromatic rings. The Morgan fingerprint density at radius 2 is 1.48 bits per heavy atom. The van der Waals surface area contributed by atoms with Gasteiger partial charge in [-0.05, 0) is 62.9 Å². The number of carboxylic acid groups (broad SMARTS) is 1. The summed E-state index contributed by atoms with van der Waals surface area (Å²) in [6.45, 7) is 3.87. The molecule has 2 nitrogen and oxygen atoms in total. The van der Waals surface area contributed by atoms with Gasteiger partial charge in [-0.15, -0.1) is 0 Å². The maximum atomic E-state index is 10.7. The quantitative estimate of drug-likeness (QED) is 0.256. The fourth-order valence-electron chi connectivity index (χ4n) is 3.76. The number of benzene rings is 4. The Hall–Kier alpha value is -3.39. The molecule has 0 fully saturated rings. The van der Waals surface area contributed by atoms with Crippen molar-refractivity contribution in [2.24, 2.45) is 0 Å². The molecule has 0 saturated heterocycles. The van der Waals surface area contributed by atoms with Crippen molar-refractivity contribution in [3.8, 4) is 0 Å². The second-order valence-corrected chi connectivity index (χ2v) is 6.90. The third-order valence-electron chi connectivity index (χ3n) is 5.01. The van der Waals surface area contributed by atoms with Gasteiger partial charge in [0.15, 0.2) is 0 Å². The number of allylic oxidation sites excluding steroid dienone is 5. The second kappa shape index (κ2) is 6.73. The van der Waals surface area contributed by atoms with Gasteiger partial charge in [-0.3, -0.25) is 0 Å². The average molecular weight is 352 g/mol. The lowest BCUT2D eigenvalue weighted by Crippen LogP contribution is -1.88. The first-order valence-corrected chi connectivity index (χ1v) is 8.98. The second-order valence-electron chi connectivity index (χ2n) is 6.90. The zero-order chi connectivity index (χ0) is 19.0. The first kappa shape index (κ1) is 17.0. The summed E-state index contributed by atoms with van der Waals surface area (Å²) in [5.41, 5.74) is 3.06. The van der Waals surface area contributed by atoms with Crippen LogP contribution in [0, 0.1) is 0 Å². The van der Waals surface area contributed by atoms with Gasteiger partial charge < -0.3 is 5.11 Å². The Bertz CT molecular complexity index is 1240. The summed E-state index contributed by atoms with van der Waals surface area (Å²) >= 11 is 0. The van der Waals surface area contributed by atoms with Crippen LogP contribution in [0.1, 0.15) is 19.4 Å². The third-order valence-corrected chi connectivity index (χ3v) is 5.01. The van der Waals surface area contributed by atoms with Gasteiger partial charge in [0.25, 0.3) is 0 Å². The standard InChI is InChI=1S/C25H20O2/c1-16(15-23(26)27)5-3-6-17(2)21-13-11-20-10-9-18-7-4-8-19-12-14-22(21)25(20)24(18)19/h3-15H,1-2H3,(H,26,27)/b5-3+,16-15+,17-6+. The first-order chi connectivity index (χ1) is 13.0. The number of carbonyl (C=O) groups is 1. The summed E-state index contributed by atoms with van der Waals surface area (Å²) in [5.74, 6) is -0.926. The summed E-state index contributed by atoms with van der Waals surface area (Å²) in [5, 5.41) is 16.4. The van der Waals surface area contributed by atoms with Crippen molar-refractivity contribution < 1.29 is 9.90 Å². The largest absolute Gasteiger partial charge is 0.478 e. The number of rotatable bonds is 4. The highest BCUT2D eigenvalue weighted by Gasteiger charge is 2.11. The van der Waals surface area contributed by atoms with Crippen LogP contribution in [0.2, 0.25) is 0 Å². The Kier molecular flexibility index (Phi) is 4.25. The molecule has 0 radical (unpaired) electrons. The molecule has 4 rings (SSSR count). The molecule has 0 unspecified atom stereocenters. The highest BCUT2D eigenvalue weighted by atomic mass is 16.4. The number of hydrogen-bond acceptors (Lipinski definition) is 1. The molecule has 2 heteroatoms. The predicted molar refractivity (Wildman–Crippen MR) is 114 cm³/mol. The van der Waals surface area contributed by atoms with E-state index >= 15 is 0 Å². The smallest absolute Gasteiger partial charge is 0.328 e. The van der Waals surface area contributed by atoms with Crippen LogP contribution in [-0.4, -0.2) is 11.1 Å². The molecule has 27 heavy (non-hydrogen) atoms. The molecule has 0 atom stereocenters. The Balaban J connectivity index is 1.86. The van der Waals surface area contributed by atoms with Crippen molar-refractivity contribution in [3.63, 3.8) is 0 Å². The van der Waals surface area contributed by atoms with Crippen LogP contribution in [0.5, 0.6) is 0 Å². The van der Waals surface area contributed by atoms with Gasteiger partial charge in [-0.2, -0.15) is 0 Å². The molecule has 0 spiro atoms. The van der Waals surface area contributed by atoms with Crippen molar-refractivity contribution in [3.05, 3.63) is 90.0 Å². The highest BCUT2D eigenvalue weighted by Crippen LogP contribution is 2.37. The van der Waals surface area contributed by atoms with E-state index in [9.17, 15) is 4.79 Å². The van der Waals surface area contributed by atoms with Gasteiger partial charge >= 0.3 is 5.97 Å². The van der Waals surface area contributed by atoms with Gasteiger partial charge in [-0.25, -0.2) is 4.79 Å². The van der Waals surface area contributed by atoms with Crippen LogP contribution in [0.25, 0.3) is 37.9 Å². The predicted octanol–water partition coefficient (Wildman–Crippen LogP) is 6.57. The summed E-state index contributed by atoms with van der Waals surface area (Å²) in [6.07, 6.45) is 6.96. The minimum atomic E-state index is -0.926. The van der Waals surface area contributed by atoms with Crippen LogP contribution in [-0.2, 0) is 4.79 Å². The van der Waals surface area contributed by atoms with Gasteiger partial charge in [0.2, 0.25) is 0 Å². The van der Waals surface area contributed by atoms with E-state index in [4.69, 9.17) is 5.11 Å². The van der Waals surface area contributed by atoms with Crippen molar-refractivity contribution in [2.45, 2.75) is 13.8 Å². The summed E-state index contributed by atoms with van der Waals surface area (Å²) in [6, 6.07) is 19.5. The third kappa shape index (κ3) is 3.11. The van der Waals surface area contributed by atoms with Crippen LogP contribution >= 0.6 is 0 Å². The van der Waals surface area contributed by atoms with Crippen LogP contribution in [0.15, 0.2) is 84.5 Å². The van der Waals surface area contributed by atoms with Gasteiger partial charge in [0, 0.05) is 6.08 Å². The molecule has 0 aliphatic carbocycles. The number of carboxylic acids is 1. The molecule has 0 aromatic heterocycles. The van der Waals surface area contributed by atoms with Crippen LogP contribution < -0.4 is 0 Å². The molecule has 0 aliphatic heterocycles. The van der Waals surface area contributed by atoms with E-state index in [1.807, 2.05) is 18.2 Å². The van der Waals surface area contributed by atoms with Crippen molar-refractivity contribution >= 4 is 43.9 Å². The molecule has 0 amide bonds. The van der Waals surface area contributed by atoms with Gasteiger partial charge in [0.1, 0.15) is 0 Å². The topological polar surface area (TPSA) is 37.3 Å². The van der Waals surface area contributed by atoms with E-state index < -0.39 is 5.97 Å². The maximum absolute atomic E-state index is 10.7. The lowest BCUT2D eigenvalue weighted by molar-refractivity contribution is -0.131. The minimum absolute atomic E-state index is 0.710. The van der Waals surface area contributed by atoms with Crippen molar-refractivity contribution in [2.75, 3.05) is 0 Å². The summed E-state index contributed by atoms with van der Waals surface area (Å²) < 4.78 is 0. The number of hydrogen-bond donors (Lipinski definition) is 1. The van der Waals surface area contributed by atoms with Crippen molar-refractivity contribution in [1.29, 1.82) is 0 Å². The Morgan fingerprint density at radius 3 is 2.19 bits per heavy atom. The van der Waals surface area contributed by atoms with Crippen LogP contribution in [0.4, 0.5) is 0 Å². The SMILES string of the molecule is CC(/C=C/C=C(\C)c1ccc2ccc3cccc4ccc1c2c34)=C\C(=O)O. The Morgan fingerprint density at radius 1 is 0.852 bits per heavy atom. The molecular formula is C25H20O2. The monoisotopic (exact) mass is 352 g/mol. The van der Waals surface area contributed by atoms with E-state index in [0.717, 1.165) is 5.57 Å². The first-order valence-electron chi connectivity index (χ1n) is 8.98. The molecular weight excluding hydrogens is 332 g/mol. The van der Waals surface area contributed by atoms with E-state index in [-0.39, 0.29) is 0 Å². The summed E-state index contributed by atoms with van der Waals surface area (Å²) in [4.78, 5) is 10.7. The molecule has 0 saturated carbocycles. The van der Waals surface area contributed by atoms with E-state index in [1.54, 1.807) is 6.92 Å². The normalized spacial score (nSPS) is 13.4. The van der Waals surface area contributed by atoms with E-state index in [2.05, 4.69) is 61.5 Å². The highest BCUT2D eigenvalue weighted by molar-refractivity contribution is 6.24. The lowest BCUT2D eigenvalue weighted by Gasteiger charge is -2.14.